The van der Waals surface area contributed by atoms with Crippen LogP contribution < -0.4 is 15.4 Å². The van der Waals surface area contributed by atoms with Crippen molar-refractivity contribution in [1.29, 1.82) is 0 Å². The molecule has 0 radical (unpaired) electrons. The highest BCUT2D eigenvalue weighted by Crippen LogP contribution is 2.46. The molecule has 1 saturated carbocycles. The van der Waals surface area contributed by atoms with Crippen molar-refractivity contribution in [2.24, 2.45) is 4.99 Å². The molecule has 0 aromatic heterocycles. The number of para-hydroxylation sites is 1. The van der Waals surface area contributed by atoms with Crippen LogP contribution in [-0.4, -0.2) is 56.4 Å². The van der Waals surface area contributed by atoms with E-state index in [1.165, 1.54) is 24.8 Å². The van der Waals surface area contributed by atoms with Gasteiger partial charge in [0.15, 0.2) is 5.96 Å². The van der Waals surface area contributed by atoms with E-state index >= 15 is 0 Å². The molecule has 1 atom stereocenters. The van der Waals surface area contributed by atoms with Crippen LogP contribution >= 0.6 is 0 Å². The van der Waals surface area contributed by atoms with Crippen molar-refractivity contribution in [2.75, 3.05) is 33.7 Å². The van der Waals surface area contributed by atoms with E-state index in [-0.39, 0.29) is 18.2 Å². The van der Waals surface area contributed by atoms with Crippen molar-refractivity contribution in [3.63, 3.8) is 0 Å². The lowest BCUT2D eigenvalue weighted by Crippen LogP contribution is -2.47. The summed E-state index contributed by atoms with van der Waals surface area (Å²) >= 11 is 0. The lowest BCUT2D eigenvalue weighted by Gasteiger charge is -2.40. The molecule has 1 aliphatic carbocycles. The van der Waals surface area contributed by atoms with Gasteiger partial charge in [0, 0.05) is 32.1 Å². The number of hydrogen-bond acceptors (Lipinski definition) is 3. The molecule has 0 bridgehead atoms. The van der Waals surface area contributed by atoms with Gasteiger partial charge in [-0.2, -0.15) is 13.2 Å². The van der Waals surface area contributed by atoms with E-state index in [1.807, 2.05) is 18.2 Å². The normalized spacial score (nSPS) is 21.5. The summed E-state index contributed by atoms with van der Waals surface area (Å²) in [6.07, 6.45) is 1.12. The molecule has 1 aliphatic heterocycles. The highest BCUT2D eigenvalue weighted by Gasteiger charge is 2.43. The number of guanidine groups is 1. The number of nitrogens with one attached hydrogen (secondary N) is 2. The number of rotatable bonds is 5. The third-order valence-electron chi connectivity index (χ3n) is 5.48. The Morgan fingerprint density at radius 2 is 2.00 bits per heavy atom. The van der Waals surface area contributed by atoms with Crippen LogP contribution in [0.5, 0.6) is 5.75 Å². The fourth-order valence-electron chi connectivity index (χ4n) is 4.18. The molecular formula is C20H29F3N4O. The minimum Gasteiger partial charge on any atom is -0.487 e. The zero-order valence-electron chi connectivity index (χ0n) is 16.5. The summed E-state index contributed by atoms with van der Waals surface area (Å²) in [6, 6.07) is 8.09. The zero-order valence-corrected chi connectivity index (χ0v) is 16.5. The number of ether oxygens (including phenoxy) is 1. The van der Waals surface area contributed by atoms with Crippen LogP contribution in [0.25, 0.3) is 0 Å². The Morgan fingerprint density at radius 1 is 1.29 bits per heavy atom. The van der Waals surface area contributed by atoms with Gasteiger partial charge in [-0.15, -0.1) is 0 Å². The van der Waals surface area contributed by atoms with Gasteiger partial charge in [0.1, 0.15) is 11.4 Å². The van der Waals surface area contributed by atoms with Gasteiger partial charge in [-0.05, 0) is 38.8 Å². The smallest absolute Gasteiger partial charge is 0.401 e. The molecular weight excluding hydrogens is 369 g/mol. The molecule has 1 spiro atoms. The molecule has 1 unspecified atom stereocenters. The molecule has 3 rings (SSSR count). The monoisotopic (exact) mass is 398 g/mol. The second-order valence-electron chi connectivity index (χ2n) is 7.78. The maximum atomic E-state index is 12.4. The molecule has 5 nitrogen and oxygen atoms in total. The maximum absolute atomic E-state index is 12.4. The van der Waals surface area contributed by atoms with Crippen molar-refractivity contribution in [2.45, 2.75) is 49.9 Å². The van der Waals surface area contributed by atoms with Crippen LogP contribution in [0.4, 0.5) is 13.2 Å². The van der Waals surface area contributed by atoms with Gasteiger partial charge in [-0.25, -0.2) is 0 Å². The van der Waals surface area contributed by atoms with Crippen LogP contribution in [0.15, 0.2) is 29.3 Å². The number of alkyl halides is 3. The minimum absolute atomic E-state index is 0.0576. The molecule has 1 heterocycles. The second-order valence-corrected chi connectivity index (χ2v) is 7.78. The van der Waals surface area contributed by atoms with Gasteiger partial charge < -0.3 is 15.4 Å². The molecule has 2 aliphatic rings. The van der Waals surface area contributed by atoms with Gasteiger partial charge in [0.2, 0.25) is 0 Å². The minimum atomic E-state index is -4.18. The van der Waals surface area contributed by atoms with E-state index in [1.54, 1.807) is 7.05 Å². The number of aliphatic imine (C=N–C) groups is 1. The third-order valence-corrected chi connectivity index (χ3v) is 5.48. The predicted molar refractivity (Wildman–Crippen MR) is 104 cm³/mol. The largest absolute Gasteiger partial charge is 0.487 e. The molecule has 2 N–H and O–H groups in total. The maximum Gasteiger partial charge on any atom is 0.401 e. The summed E-state index contributed by atoms with van der Waals surface area (Å²) in [5.41, 5.74) is 0.967. The van der Waals surface area contributed by atoms with E-state index in [0.29, 0.717) is 12.5 Å². The van der Waals surface area contributed by atoms with Gasteiger partial charge in [-0.3, -0.25) is 9.89 Å². The van der Waals surface area contributed by atoms with Gasteiger partial charge >= 0.3 is 6.18 Å². The molecule has 1 aromatic carbocycles. The van der Waals surface area contributed by atoms with Gasteiger partial charge in [0.05, 0.1) is 12.6 Å². The Labute approximate surface area is 164 Å². The van der Waals surface area contributed by atoms with E-state index in [9.17, 15) is 13.2 Å². The van der Waals surface area contributed by atoms with Crippen LogP contribution in [-0.2, 0) is 0 Å². The van der Waals surface area contributed by atoms with Crippen molar-refractivity contribution in [3.05, 3.63) is 29.8 Å². The SMILES string of the molecule is CN=C(NCCN(C)CC(F)(F)F)NC1CC2(CCCC2)Oc2ccccc21. The van der Waals surface area contributed by atoms with E-state index in [4.69, 9.17) is 4.74 Å². The number of halogens is 3. The summed E-state index contributed by atoms with van der Waals surface area (Å²) in [4.78, 5) is 5.50. The summed E-state index contributed by atoms with van der Waals surface area (Å²) < 4.78 is 43.7. The number of fused-ring (bicyclic) bond motifs is 1. The van der Waals surface area contributed by atoms with Crippen LogP contribution in [0.1, 0.15) is 43.7 Å². The second kappa shape index (κ2) is 8.59. The Balaban J connectivity index is 1.60. The fourth-order valence-corrected chi connectivity index (χ4v) is 4.18. The summed E-state index contributed by atoms with van der Waals surface area (Å²) in [5, 5.41) is 6.59. The average Bonchev–Trinajstić information content (AvgIpc) is 3.06. The molecule has 1 fully saturated rings. The molecule has 0 saturated heterocycles. The Morgan fingerprint density at radius 3 is 2.68 bits per heavy atom. The first kappa shape index (κ1) is 20.8. The topological polar surface area (TPSA) is 48.9 Å². The highest BCUT2D eigenvalue weighted by atomic mass is 19.4. The summed E-state index contributed by atoms with van der Waals surface area (Å²) in [5.74, 6) is 1.50. The van der Waals surface area contributed by atoms with Crippen LogP contribution in [0.3, 0.4) is 0 Å². The summed E-state index contributed by atoms with van der Waals surface area (Å²) in [7, 11) is 3.13. The lowest BCUT2D eigenvalue weighted by molar-refractivity contribution is -0.142. The van der Waals surface area contributed by atoms with Crippen LogP contribution in [0, 0.1) is 0 Å². The molecule has 0 amide bonds. The molecule has 156 valence electrons. The van der Waals surface area contributed by atoms with E-state index < -0.39 is 12.7 Å². The van der Waals surface area contributed by atoms with Gasteiger partial charge in [-0.1, -0.05) is 18.2 Å². The van der Waals surface area contributed by atoms with Crippen molar-refractivity contribution in [1.82, 2.24) is 15.5 Å². The third kappa shape index (κ3) is 5.31. The number of likely N-dealkylation sites (N-methyl/N-ethyl adjacent to an activating group) is 1. The Hall–Kier alpha value is -1.96. The highest BCUT2D eigenvalue weighted by molar-refractivity contribution is 5.80. The van der Waals surface area contributed by atoms with Crippen molar-refractivity contribution >= 4 is 5.96 Å². The van der Waals surface area contributed by atoms with Crippen molar-refractivity contribution < 1.29 is 17.9 Å². The first-order valence-corrected chi connectivity index (χ1v) is 9.81. The molecule has 28 heavy (non-hydrogen) atoms. The van der Waals surface area contributed by atoms with Crippen molar-refractivity contribution in [3.8, 4) is 5.75 Å². The summed E-state index contributed by atoms with van der Waals surface area (Å²) in [6.45, 7) is -0.270. The predicted octanol–water partition coefficient (Wildman–Crippen LogP) is 3.48. The first-order valence-electron chi connectivity index (χ1n) is 9.81. The number of hydrogen-bond donors (Lipinski definition) is 2. The first-order chi connectivity index (χ1) is 13.3. The number of benzene rings is 1. The quantitative estimate of drug-likeness (QED) is 0.589. The fraction of sp³-hybridized carbons (Fsp3) is 0.650. The van der Waals surface area contributed by atoms with Gasteiger partial charge in [0.25, 0.3) is 0 Å². The van der Waals surface area contributed by atoms with Crippen LogP contribution in [0.2, 0.25) is 0 Å². The lowest BCUT2D eigenvalue weighted by atomic mass is 9.86. The number of nitrogens with zero attached hydrogens (tertiary/aromatic N) is 2. The molecule has 8 heteroatoms. The van der Waals surface area contributed by atoms with E-state index in [0.717, 1.165) is 30.6 Å². The Bertz CT molecular complexity index is 686. The average molecular weight is 398 g/mol. The molecule has 1 aromatic rings. The zero-order chi connectivity index (χ0) is 20.2. The Kier molecular flexibility index (Phi) is 6.37. The van der Waals surface area contributed by atoms with E-state index in [2.05, 4.69) is 21.7 Å². The standard InChI is InChI=1S/C20H29F3N4O/c1-24-18(25-11-12-27(2)14-20(21,22)23)26-16-13-19(9-5-6-10-19)28-17-8-4-3-7-15(16)17/h3-4,7-8,16H,5-6,9-14H2,1-2H3,(H2,24,25,26).